The van der Waals surface area contributed by atoms with Crippen LogP contribution in [0.25, 0.3) is 11.1 Å². The van der Waals surface area contributed by atoms with Gasteiger partial charge in [-0.15, -0.1) is 0 Å². The summed E-state index contributed by atoms with van der Waals surface area (Å²) in [7, 11) is -0.583. The lowest BCUT2D eigenvalue weighted by atomic mass is 9.78. The maximum atomic E-state index is 5.80. The van der Waals surface area contributed by atoms with E-state index in [4.69, 9.17) is 18.6 Å². The lowest BCUT2D eigenvalue weighted by molar-refractivity contribution is 0.263. The fourth-order valence-corrected chi connectivity index (χ4v) is 3.49. The fraction of sp³-hybridized carbons (Fsp3) is 0.333. The first kappa shape index (κ1) is 18.5. The van der Waals surface area contributed by atoms with Gasteiger partial charge in [0.1, 0.15) is 0 Å². The molecule has 8 heteroatoms. The highest BCUT2D eigenvalue weighted by atomic mass is 32.1. The molecule has 4 rings (SSSR count). The molecule has 0 spiro atoms. The highest BCUT2D eigenvalue weighted by Crippen LogP contribution is 2.19. The maximum absolute atomic E-state index is 5.80. The van der Waals surface area contributed by atoms with Gasteiger partial charge in [0, 0.05) is 11.5 Å². The van der Waals surface area contributed by atoms with Crippen molar-refractivity contribution in [1.82, 2.24) is 0 Å². The molecule has 2 fully saturated rings. The first-order chi connectivity index (χ1) is 12.8. The molecule has 134 valence electrons. The molecule has 0 radical (unpaired) electrons. The summed E-state index contributed by atoms with van der Waals surface area (Å²) < 4.78 is 23.0. The molecule has 26 heavy (non-hydrogen) atoms. The molecule has 2 aromatic carbocycles. The lowest BCUT2D eigenvalue weighted by Gasteiger charge is -2.09. The number of benzene rings is 2. The van der Waals surface area contributed by atoms with Gasteiger partial charge in [-0.05, 0) is 22.1 Å². The van der Waals surface area contributed by atoms with E-state index in [1.165, 1.54) is 0 Å². The van der Waals surface area contributed by atoms with E-state index in [9.17, 15) is 0 Å². The van der Waals surface area contributed by atoms with E-state index in [2.05, 4.69) is 73.8 Å². The monoisotopic (exact) mass is 386 g/mol. The van der Waals surface area contributed by atoms with Crippen molar-refractivity contribution in [2.45, 2.75) is 12.2 Å². The van der Waals surface area contributed by atoms with Crippen molar-refractivity contribution in [3.05, 3.63) is 48.5 Å². The topological polar surface area (TPSA) is 36.9 Å². The molecule has 0 bridgehead atoms. The van der Waals surface area contributed by atoms with Crippen molar-refractivity contribution in [2.75, 3.05) is 24.7 Å². The average Bonchev–Trinajstić information content (AvgIpc) is 3.38. The van der Waals surface area contributed by atoms with Crippen molar-refractivity contribution in [1.29, 1.82) is 0 Å². The van der Waals surface area contributed by atoms with Crippen LogP contribution in [0.15, 0.2) is 48.5 Å². The minimum Gasteiger partial charge on any atom is -0.405 e. The second-order valence-electron chi connectivity index (χ2n) is 6.46. The molecule has 0 saturated carbocycles. The lowest BCUT2D eigenvalue weighted by Crippen LogP contribution is -2.32. The Bertz CT molecular complexity index is 665. The predicted molar refractivity (Wildman–Crippen MR) is 112 cm³/mol. The van der Waals surface area contributed by atoms with Crippen molar-refractivity contribution in [3.8, 4) is 11.1 Å². The quantitative estimate of drug-likeness (QED) is 0.603. The largest absolute Gasteiger partial charge is 0.494 e. The summed E-state index contributed by atoms with van der Waals surface area (Å²) in [6.45, 7) is 1.19. The minimum absolute atomic E-state index is 0.0673. The van der Waals surface area contributed by atoms with Gasteiger partial charge in [-0.2, -0.15) is 25.3 Å². The Morgan fingerprint density at radius 2 is 1.08 bits per heavy atom. The Morgan fingerprint density at radius 1 is 0.692 bits per heavy atom. The molecule has 2 aliphatic rings. The van der Waals surface area contributed by atoms with Crippen LogP contribution in [0.5, 0.6) is 0 Å². The Hall–Kier alpha value is -0.890. The summed E-state index contributed by atoms with van der Waals surface area (Å²) in [5.41, 5.74) is 4.34. The molecule has 0 aliphatic carbocycles. The Morgan fingerprint density at radius 3 is 1.38 bits per heavy atom. The zero-order chi connectivity index (χ0) is 17.9. The molecule has 2 saturated heterocycles. The normalized spacial score (nSPS) is 23.0. The molecule has 2 atom stereocenters. The summed E-state index contributed by atoms with van der Waals surface area (Å²) >= 11 is 8.51. The first-order valence-corrected chi connectivity index (χ1v) is 9.99. The van der Waals surface area contributed by atoms with Gasteiger partial charge in [-0.1, -0.05) is 48.5 Å². The maximum Gasteiger partial charge on any atom is 0.494 e. The van der Waals surface area contributed by atoms with Gasteiger partial charge in [-0.3, -0.25) is 0 Å². The van der Waals surface area contributed by atoms with Gasteiger partial charge in [0.05, 0.1) is 25.4 Å². The van der Waals surface area contributed by atoms with E-state index in [1.54, 1.807) is 0 Å². The summed E-state index contributed by atoms with van der Waals surface area (Å²) in [6.07, 6.45) is 0.135. The SMILES string of the molecule is SCC1COB(c2ccc(-c3ccc(B4OCC(CS)O4)cc3)cc2)O1. The van der Waals surface area contributed by atoms with Crippen LogP contribution >= 0.6 is 25.3 Å². The van der Waals surface area contributed by atoms with E-state index in [1.807, 2.05) is 0 Å². The van der Waals surface area contributed by atoms with Gasteiger partial charge < -0.3 is 18.6 Å². The third kappa shape index (κ3) is 4.01. The van der Waals surface area contributed by atoms with Crippen molar-refractivity contribution < 1.29 is 18.6 Å². The average molecular weight is 386 g/mol. The molecule has 0 amide bonds. The first-order valence-electron chi connectivity index (χ1n) is 8.73. The molecule has 0 aromatic heterocycles. The van der Waals surface area contributed by atoms with Crippen LogP contribution in [0.3, 0.4) is 0 Å². The number of rotatable bonds is 5. The minimum atomic E-state index is -0.292. The summed E-state index contributed by atoms with van der Waals surface area (Å²) in [4.78, 5) is 0. The molecule has 2 unspecified atom stereocenters. The molecular weight excluding hydrogens is 366 g/mol. The number of hydrogen-bond donors (Lipinski definition) is 2. The predicted octanol–water partition coefficient (Wildman–Crippen LogP) is 1.43. The van der Waals surface area contributed by atoms with Crippen LogP contribution in [0.1, 0.15) is 0 Å². The number of thiol groups is 2. The van der Waals surface area contributed by atoms with Crippen LogP contribution < -0.4 is 10.9 Å². The van der Waals surface area contributed by atoms with Crippen molar-refractivity contribution >= 4 is 50.4 Å². The second kappa shape index (κ2) is 8.42. The van der Waals surface area contributed by atoms with E-state index in [0.717, 1.165) is 22.1 Å². The van der Waals surface area contributed by atoms with Gasteiger partial charge in [0.25, 0.3) is 0 Å². The third-order valence-corrected chi connectivity index (χ3v) is 5.42. The fourth-order valence-electron chi connectivity index (χ4n) is 3.10. The van der Waals surface area contributed by atoms with E-state index < -0.39 is 0 Å². The van der Waals surface area contributed by atoms with E-state index >= 15 is 0 Å². The van der Waals surface area contributed by atoms with Crippen LogP contribution in [-0.2, 0) is 18.6 Å². The molecular formula is C18H20B2O4S2. The van der Waals surface area contributed by atoms with Crippen LogP contribution in [0.2, 0.25) is 0 Å². The highest BCUT2D eigenvalue weighted by molar-refractivity contribution is 7.80. The zero-order valence-corrected chi connectivity index (χ0v) is 16.1. The van der Waals surface area contributed by atoms with E-state index in [0.29, 0.717) is 24.7 Å². The highest BCUT2D eigenvalue weighted by Gasteiger charge is 2.33. The van der Waals surface area contributed by atoms with Crippen molar-refractivity contribution in [2.24, 2.45) is 0 Å². The van der Waals surface area contributed by atoms with Gasteiger partial charge in [-0.25, -0.2) is 0 Å². The smallest absolute Gasteiger partial charge is 0.405 e. The summed E-state index contributed by atoms with van der Waals surface area (Å²) in [5, 5.41) is 0. The van der Waals surface area contributed by atoms with Gasteiger partial charge in [0.2, 0.25) is 0 Å². The molecule has 0 N–H and O–H groups in total. The zero-order valence-electron chi connectivity index (χ0n) is 14.3. The van der Waals surface area contributed by atoms with E-state index in [-0.39, 0.29) is 26.4 Å². The second-order valence-corrected chi connectivity index (χ2v) is 7.19. The number of hydrogen-bond acceptors (Lipinski definition) is 6. The molecule has 2 heterocycles. The van der Waals surface area contributed by atoms with Crippen molar-refractivity contribution in [3.63, 3.8) is 0 Å². The summed E-state index contributed by atoms with van der Waals surface area (Å²) in [5.74, 6) is 1.34. The molecule has 4 nitrogen and oxygen atoms in total. The Labute approximate surface area is 165 Å². The van der Waals surface area contributed by atoms with Crippen LogP contribution in [0.4, 0.5) is 0 Å². The standard InChI is InChI=1S/C18H20B2O4S2/c25-11-17-9-21-19(23-17)15-5-1-13(2-6-15)14-3-7-16(8-4-14)20-22-10-18(12-26)24-20/h1-8,17-18,25-26H,9-12H2. The third-order valence-electron chi connectivity index (χ3n) is 4.61. The Kier molecular flexibility index (Phi) is 5.98. The molecule has 2 aromatic rings. The van der Waals surface area contributed by atoms with Gasteiger partial charge >= 0.3 is 14.2 Å². The Balaban J connectivity index is 1.43. The van der Waals surface area contributed by atoms with Gasteiger partial charge in [0.15, 0.2) is 0 Å². The van der Waals surface area contributed by atoms with Crippen LogP contribution in [-0.4, -0.2) is 51.2 Å². The molecule has 2 aliphatic heterocycles. The van der Waals surface area contributed by atoms with Crippen LogP contribution in [0, 0.1) is 0 Å². The summed E-state index contributed by atoms with van der Waals surface area (Å²) in [6, 6.07) is 16.6.